The fraction of sp³-hybridized carbons (Fsp3) is 0.333. The second-order valence-electron chi connectivity index (χ2n) is 1.49. The second-order valence-corrected chi connectivity index (χ2v) is 2.57. The number of nitrogens with zero attached hydrogens (tertiary/aromatic N) is 1. The van der Waals surface area contributed by atoms with Gasteiger partial charge in [0.1, 0.15) is 6.07 Å². The predicted molar refractivity (Wildman–Crippen MR) is 44.0 cm³/mol. The van der Waals surface area contributed by atoms with Crippen LogP contribution in [-0.2, 0) is 34.8 Å². The van der Waals surface area contributed by atoms with Gasteiger partial charge in [0.25, 0.3) is 0 Å². The van der Waals surface area contributed by atoms with Crippen LogP contribution in [0, 0.1) is 11.3 Å². The van der Waals surface area contributed by atoms with Crippen LogP contribution in [0.3, 0.4) is 0 Å². The van der Waals surface area contributed by atoms with Crippen LogP contribution in [0.4, 0.5) is 0 Å². The second kappa shape index (κ2) is 11.2. The Morgan fingerprint density at radius 3 is 2.15 bits per heavy atom. The molecule has 0 N–H and O–H groups in total. The molecule has 0 saturated carbocycles. The Labute approximate surface area is 133 Å². The van der Waals surface area contributed by atoms with Crippen molar-refractivity contribution >= 4 is 31.2 Å². The van der Waals surface area contributed by atoms with Gasteiger partial charge >= 0.3 is 65.1 Å². The Hall–Kier alpha value is 1.14. The van der Waals surface area contributed by atoms with E-state index in [4.69, 9.17) is 5.26 Å². The molecule has 0 bridgehead atoms. The van der Waals surface area contributed by atoms with Crippen molar-refractivity contribution in [3.8, 4) is 6.07 Å². The number of carbonyl (C=O) groups excluding carboxylic acids is 1. The van der Waals surface area contributed by atoms with Crippen LogP contribution in [0.1, 0.15) is 6.92 Å². The SMILES string of the molecule is CCOC(=O)C(C#N)=C([S-])[S-].[Na+].[Na+]. The number of esters is 1. The zero-order valence-electron chi connectivity index (χ0n) is 7.79. The van der Waals surface area contributed by atoms with Crippen molar-refractivity contribution in [2.75, 3.05) is 6.61 Å². The van der Waals surface area contributed by atoms with E-state index in [0.717, 1.165) is 0 Å². The molecule has 0 atom stereocenters. The van der Waals surface area contributed by atoms with Gasteiger partial charge in [-0.05, 0) is 6.92 Å². The van der Waals surface area contributed by atoms with Crippen molar-refractivity contribution in [1.29, 1.82) is 5.26 Å². The average Bonchev–Trinajstić information content (AvgIpc) is 1.88. The van der Waals surface area contributed by atoms with E-state index in [0.29, 0.717) is 0 Å². The first kappa shape index (κ1) is 19.7. The summed E-state index contributed by atoms with van der Waals surface area (Å²) in [7, 11) is 0. The first-order valence-corrected chi connectivity index (χ1v) is 3.60. The van der Waals surface area contributed by atoms with E-state index in [1.807, 2.05) is 0 Å². The third kappa shape index (κ3) is 8.16. The van der Waals surface area contributed by atoms with Gasteiger partial charge in [-0.3, -0.25) is 0 Å². The summed E-state index contributed by atoms with van der Waals surface area (Å²) < 4.78 is 4.36. The summed E-state index contributed by atoms with van der Waals surface area (Å²) in [6, 6.07) is 1.58. The largest absolute Gasteiger partial charge is 1.00 e. The van der Waals surface area contributed by atoms with Crippen LogP contribution in [0.25, 0.3) is 0 Å². The van der Waals surface area contributed by atoms with Crippen molar-refractivity contribution in [2.45, 2.75) is 6.92 Å². The molecule has 60 valence electrons. The van der Waals surface area contributed by atoms with Gasteiger partial charge in [0.2, 0.25) is 0 Å². The Morgan fingerprint density at radius 1 is 1.46 bits per heavy atom. The molecule has 0 aliphatic carbocycles. The zero-order valence-corrected chi connectivity index (χ0v) is 13.4. The summed E-state index contributed by atoms with van der Waals surface area (Å²) in [5.74, 6) is -0.741. The van der Waals surface area contributed by atoms with Crippen molar-refractivity contribution < 1.29 is 68.6 Å². The number of carbonyl (C=O) groups is 1. The Morgan fingerprint density at radius 2 is 1.92 bits per heavy atom. The smallest absolute Gasteiger partial charge is 0.806 e. The fourth-order valence-corrected chi connectivity index (χ4v) is 0.636. The molecule has 0 aromatic heterocycles. The van der Waals surface area contributed by atoms with Gasteiger partial charge in [-0.25, -0.2) is 4.79 Å². The number of hydrogen-bond acceptors (Lipinski definition) is 5. The quantitative estimate of drug-likeness (QED) is 0.156. The van der Waals surface area contributed by atoms with Gasteiger partial charge in [-0.15, -0.1) is 0 Å². The third-order valence-corrected chi connectivity index (χ3v) is 1.20. The molecule has 0 heterocycles. The van der Waals surface area contributed by atoms with E-state index in [9.17, 15) is 4.79 Å². The molecular weight excluding hydrogens is 228 g/mol. The van der Waals surface area contributed by atoms with Gasteiger partial charge in [0.15, 0.2) is 0 Å². The van der Waals surface area contributed by atoms with Crippen LogP contribution in [0.15, 0.2) is 9.81 Å². The van der Waals surface area contributed by atoms with Crippen molar-refractivity contribution in [3.63, 3.8) is 0 Å². The molecule has 0 unspecified atom stereocenters. The van der Waals surface area contributed by atoms with Crippen LogP contribution < -0.4 is 59.1 Å². The van der Waals surface area contributed by atoms with E-state index in [2.05, 4.69) is 30.0 Å². The predicted octanol–water partition coefficient (Wildman–Crippen LogP) is -5.61. The standard InChI is InChI=1S/C6H7NO2S2.2Na/c1-2-9-5(8)4(3-7)6(10)11;;/h10-11H,2H2,1H3;;/q;2*+1/p-2. The van der Waals surface area contributed by atoms with E-state index in [-0.39, 0.29) is 75.5 Å². The molecule has 0 aliphatic rings. The summed E-state index contributed by atoms with van der Waals surface area (Å²) in [6.45, 7) is 1.85. The molecule has 3 nitrogen and oxygen atoms in total. The normalized spacial score (nSPS) is 6.77. The summed E-state index contributed by atoms with van der Waals surface area (Å²) in [5.41, 5.74) is -0.267. The summed E-state index contributed by atoms with van der Waals surface area (Å²) in [4.78, 5) is 10.8. The third-order valence-electron chi connectivity index (χ3n) is 0.795. The summed E-state index contributed by atoms with van der Waals surface area (Å²) >= 11 is 8.92. The van der Waals surface area contributed by atoms with Crippen molar-refractivity contribution in [2.24, 2.45) is 0 Å². The monoisotopic (exact) mass is 233 g/mol. The van der Waals surface area contributed by atoms with Crippen molar-refractivity contribution in [3.05, 3.63) is 9.81 Å². The van der Waals surface area contributed by atoms with Gasteiger partial charge in [0.05, 0.1) is 12.2 Å². The Balaban J connectivity index is -0.000000500. The van der Waals surface area contributed by atoms with Crippen LogP contribution >= 0.6 is 0 Å². The first-order chi connectivity index (χ1) is 5.13. The maximum Gasteiger partial charge on any atom is 1.00 e. The maximum atomic E-state index is 10.8. The summed E-state index contributed by atoms with van der Waals surface area (Å²) in [6.07, 6.45) is 0. The van der Waals surface area contributed by atoms with Gasteiger partial charge in [-0.2, -0.15) is 5.26 Å². The topological polar surface area (TPSA) is 50.1 Å². The molecule has 0 amide bonds. The molecule has 0 saturated heterocycles. The molecule has 0 aromatic carbocycles. The number of hydrogen-bond donors (Lipinski definition) is 0. The van der Waals surface area contributed by atoms with Crippen molar-refractivity contribution in [1.82, 2.24) is 0 Å². The van der Waals surface area contributed by atoms with Crippen LogP contribution in [0.2, 0.25) is 0 Å². The van der Waals surface area contributed by atoms with Crippen LogP contribution in [-0.4, -0.2) is 12.6 Å². The van der Waals surface area contributed by atoms with Gasteiger partial charge in [0, 0.05) is 0 Å². The molecule has 0 aromatic rings. The zero-order chi connectivity index (χ0) is 8.85. The Kier molecular flexibility index (Phi) is 17.0. The van der Waals surface area contributed by atoms with E-state index in [1.165, 1.54) is 0 Å². The van der Waals surface area contributed by atoms with E-state index in [1.54, 1.807) is 13.0 Å². The van der Waals surface area contributed by atoms with Gasteiger partial charge < -0.3 is 34.2 Å². The molecule has 0 rings (SSSR count). The molecule has 13 heavy (non-hydrogen) atoms. The summed E-state index contributed by atoms with van der Waals surface area (Å²) in [5, 5.41) is 8.35. The van der Waals surface area contributed by atoms with Gasteiger partial charge in [-0.1, -0.05) is 0 Å². The van der Waals surface area contributed by atoms with E-state index >= 15 is 0 Å². The van der Waals surface area contributed by atoms with Crippen LogP contribution in [0.5, 0.6) is 0 Å². The number of nitriles is 1. The minimum atomic E-state index is -0.741. The Bertz CT molecular complexity index is 233. The molecule has 0 spiro atoms. The molecule has 7 heteroatoms. The fourth-order valence-electron chi connectivity index (χ4n) is 0.378. The number of rotatable bonds is 2. The van der Waals surface area contributed by atoms with E-state index < -0.39 is 5.97 Å². The average molecular weight is 233 g/mol. The molecule has 0 aliphatic heterocycles. The first-order valence-electron chi connectivity index (χ1n) is 2.79. The minimum Gasteiger partial charge on any atom is -0.806 e. The maximum absolute atomic E-state index is 10.8. The molecule has 0 fully saturated rings. The molecule has 0 radical (unpaired) electrons. The minimum absolute atomic E-state index is 0. The molecular formula is C6H5NNa2O2S2. The number of ether oxygens (including phenoxy) is 1.